The third-order valence-electron chi connectivity index (χ3n) is 1.09. The molecule has 8 heteroatoms. The summed E-state index contributed by atoms with van der Waals surface area (Å²) < 4.78 is 42.7. The van der Waals surface area contributed by atoms with Gasteiger partial charge in [-0.2, -0.15) is 0 Å². The second-order valence-corrected chi connectivity index (χ2v) is 5.60. The van der Waals surface area contributed by atoms with Crippen LogP contribution in [0.1, 0.15) is 34.6 Å². The van der Waals surface area contributed by atoms with E-state index in [4.69, 9.17) is 28.0 Å². The molecule has 0 atom stereocenters. The van der Waals surface area contributed by atoms with Crippen LogP contribution in [-0.2, 0) is 49.1 Å². The number of allylic oxidation sites excluding steroid dienone is 1. The molecule has 0 saturated heterocycles. The topological polar surface area (TPSA) is 109 Å². The third kappa shape index (κ3) is 93.0. The minimum absolute atomic E-state index is 0. The van der Waals surface area contributed by atoms with Gasteiger partial charge in [0.25, 0.3) is 0 Å². The Morgan fingerprint density at radius 1 is 0.913 bits per heavy atom. The zero-order valence-electron chi connectivity index (χ0n) is 13.7. The first-order chi connectivity index (χ1) is 10.5. The summed E-state index contributed by atoms with van der Waals surface area (Å²) >= 11 is 0. The molecule has 126 valence electrons. The zero-order valence-corrected chi connectivity index (χ0v) is 16.6. The van der Waals surface area contributed by atoms with Gasteiger partial charge in [0.15, 0.2) is 0 Å². The van der Waals surface area contributed by atoms with Crippen LogP contribution in [0.4, 0.5) is 0 Å². The van der Waals surface area contributed by atoms with Gasteiger partial charge in [-0.1, -0.05) is 29.0 Å². The predicted octanol–water partition coefficient (Wildman–Crippen LogP) is 3.28. The van der Waals surface area contributed by atoms with Crippen molar-refractivity contribution in [2.45, 2.75) is 39.8 Å². The van der Waals surface area contributed by atoms with Gasteiger partial charge in [-0.05, 0) is 25.2 Å². The summed E-state index contributed by atoms with van der Waals surface area (Å²) in [4.78, 5) is 0. The Balaban J connectivity index is -0.0000000396. The first-order valence-electron chi connectivity index (χ1n) is 5.31. The summed E-state index contributed by atoms with van der Waals surface area (Å²) in [5.41, 5.74) is 1.20. The van der Waals surface area contributed by atoms with Crippen LogP contribution in [0.15, 0.2) is 11.8 Å². The Bertz CT molecular complexity index is 324. The fourth-order valence-electron chi connectivity index (χ4n) is 0.541. The Labute approximate surface area is 154 Å². The standard InChI is InChI=1S/C10H19OP.5CO.Mo/c1-6-11-7-9(2)8-12-10(3,4)5;5*1-2;/h7-8H,6H2,1-5H3;;;;;;/b9-7+;;;;;;. The molecule has 0 heterocycles. The minimum Gasteiger partial charge on any atom is 0 e. The van der Waals surface area contributed by atoms with Crippen molar-refractivity contribution >= 4 is 14.0 Å². The molecule has 0 aromatic heterocycles. The van der Waals surface area contributed by atoms with Crippen LogP contribution < -0.4 is 0 Å². The molecule has 0 aliphatic carbocycles. The molecule has 0 N–H and O–H groups in total. The molecule has 0 spiro atoms. The van der Waals surface area contributed by atoms with Crippen molar-refractivity contribution in [1.82, 2.24) is 0 Å². The van der Waals surface area contributed by atoms with E-state index >= 15 is 0 Å². The third-order valence-corrected chi connectivity index (χ3v) is 2.40. The molecule has 0 aromatic rings. The maximum Gasteiger partial charge on any atom is 0 e. The van der Waals surface area contributed by atoms with E-state index in [-0.39, 0.29) is 21.1 Å². The normalized spacial score (nSPS) is 7.70. The molecule has 0 radical (unpaired) electrons. The maximum atomic E-state index is 7.50. The summed E-state index contributed by atoms with van der Waals surface area (Å²) in [7, 11) is 1.34. The molecule has 0 rings (SSSR count). The van der Waals surface area contributed by atoms with E-state index in [1.54, 1.807) is 0 Å². The van der Waals surface area contributed by atoms with Crippen molar-refractivity contribution in [2.24, 2.45) is 0 Å². The van der Waals surface area contributed by atoms with E-state index in [2.05, 4.69) is 66.7 Å². The van der Waals surface area contributed by atoms with Gasteiger partial charge < -0.3 is 4.74 Å². The van der Waals surface area contributed by atoms with Crippen LogP contribution >= 0.6 is 8.20 Å². The van der Waals surface area contributed by atoms with E-state index in [9.17, 15) is 0 Å². The monoisotopic (exact) mass is 424 g/mol. The molecule has 0 aliphatic heterocycles. The van der Waals surface area contributed by atoms with Crippen LogP contribution in [-0.4, -0.2) is 17.6 Å². The SMILES string of the molecule is CCO/C=C(\C)C=PC(C)(C)C.[C-]#[O+].[C-]#[O+].[C-]#[O+].[C-]#[O+].[C-]#[O+].[Mo]. The molecule has 0 aromatic carbocycles. The van der Waals surface area contributed by atoms with Gasteiger partial charge in [-0.15, -0.1) is 0 Å². The van der Waals surface area contributed by atoms with Gasteiger partial charge >= 0.3 is 56.5 Å². The Morgan fingerprint density at radius 2 is 1.22 bits per heavy atom. The molecule has 0 aliphatic rings. The summed E-state index contributed by atoms with van der Waals surface area (Å²) in [6.45, 7) is 34.0. The molecular weight excluding hydrogens is 403 g/mol. The molecule has 0 fully saturated rings. The van der Waals surface area contributed by atoms with E-state index in [0.29, 0.717) is 5.16 Å². The van der Waals surface area contributed by atoms with E-state index in [1.807, 2.05) is 13.2 Å². The first-order valence-corrected chi connectivity index (χ1v) is 6.27. The van der Waals surface area contributed by atoms with Crippen LogP contribution in [0.2, 0.25) is 0 Å². The summed E-state index contributed by atoms with van der Waals surface area (Å²) in [5.74, 6) is 2.19. The molecule has 0 unspecified atom stereocenters. The van der Waals surface area contributed by atoms with E-state index < -0.39 is 0 Å². The molecule has 0 bridgehead atoms. The largest absolute Gasteiger partial charge is 0 e. The van der Waals surface area contributed by atoms with Crippen molar-refractivity contribution in [3.8, 4) is 0 Å². The van der Waals surface area contributed by atoms with Gasteiger partial charge in [0.05, 0.1) is 12.9 Å². The number of rotatable bonds is 3. The van der Waals surface area contributed by atoms with Crippen molar-refractivity contribution in [3.63, 3.8) is 0 Å². The number of hydrogen-bond donors (Lipinski definition) is 0. The van der Waals surface area contributed by atoms with Crippen molar-refractivity contribution < 1.29 is 49.1 Å². The number of hydrogen-bond acceptors (Lipinski definition) is 1. The van der Waals surface area contributed by atoms with Crippen molar-refractivity contribution in [2.75, 3.05) is 6.61 Å². The van der Waals surface area contributed by atoms with E-state index in [1.165, 1.54) is 13.8 Å². The Kier molecular flexibility index (Phi) is 93.2. The molecule has 0 amide bonds. The summed E-state index contributed by atoms with van der Waals surface area (Å²) in [6.07, 6.45) is 1.82. The van der Waals surface area contributed by atoms with Crippen LogP contribution in [0.3, 0.4) is 0 Å². The second kappa shape index (κ2) is 49.7. The predicted molar refractivity (Wildman–Crippen MR) is 77.8 cm³/mol. The van der Waals surface area contributed by atoms with Gasteiger partial charge in [0.2, 0.25) is 0 Å². The van der Waals surface area contributed by atoms with Gasteiger partial charge in [0.1, 0.15) is 0 Å². The molecule has 6 nitrogen and oxygen atoms in total. The van der Waals surface area contributed by atoms with Crippen LogP contribution in [0.25, 0.3) is 0 Å². The zero-order chi connectivity index (χ0) is 19.6. The number of ether oxygens (including phenoxy) is 1. The van der Waals surface area contributed by atoms with Gasteiger partial charge in [-0.3, -0.25) is 0 Å². The average molecular weight is 422 g/mol. The van der Waals surface area contributed by atoms with Crippen molar-refractivity contribution in [1.29, 1.82) is 0 Å². The molecule has 0 saturated carbocycles. The molecular formula is C15H19MoO6P. The Morgan fingerprint density at radius 3 is 1.43 bits per heavy atom. The van der Waals surface area contributed by atoms with Crippen LogP contribution in [0, 0.1) is 33.3 Å². The quantitative estimate of drug-likeness (QED) is 0.225. The average Bonchev–Trinajstić information content (AvgIpc) is 2.59. The van der Waals surface area contributed by atoms with Crippen LogP contribution in [0.5, 0.6) is 0 Å². The Hall–Kier alpha value is -0.902. The maximum absolute atomic E-state index is 7.50. The minimum atomic E-state index is 0. The van der Waals surface area contributed by atoms with Gasteiger partial charge in [0, 0.05) is 26.2 Å². The van der Waals surface area contributed by atoms with Gasteiger partial charge in [-0.25, -0.2) is 0 Å². The fraction of sp³-hybridized carbons (Fsp3) is 0.467. The smallest absolute Gasteiger partial charge is 0 e. The molecule has 23 heavy (non-hydrogen) atoms. The first kappa shape index (κ1) is 43.2. The fourth-order valence-corrected chi connectivity index (χ4v) is 1.19. The summed E-state index contributed by atoms with van der Waals surface area (Å²) in [5, 5.41) is 0.349. The second-order valence-electron chi connectivity index (χ2n) is 3.75. The van der Waals surface area contributed by atoms with Crippen molar-refractivity contribution in [3.05, 3.63) is 45.1 Å². The summed E-state index contributed by atoms with van der Waals surface area (Å²) in [6, 6.07) is 0. The van der Waals surface area contributed by atoms with E-state index in [0.717, 1.165) is 6.61 Å².